The van der Waals surface area contributed by atoms with Crippen LogP contribution in [0.2, 0.25) is 0 Å². The molecule has 1 rings (SSSR count). The van der Waals surface area contributed by atoms with Crippen LogP contribution in [0.15, 0.2) is 0 Å². The first kappa shape index (κ1) is 11.4. The predicted molar refractivity (Wildman–Crippen MR) is 60.3 cm³/mol. The lowest BCUT2D eigenvalue weighted by Crippen LogP contribution is -2.18. The summed E-state index contributed by atoms with van der Waals surface area (Å²) in [4.78, 5) is 0. The molecule has 76 valence electrons. The minimum absolute atomic E-state index is 0.0172. The molecule has 4 unspecified atom stereocenters. The van der Waals surface area contributed by atoms with Crippen molar-refractivity contribution < 1.29 is 4.57 Å². The van der Waals surface area contributed by atoms with Crippen LogP contribution in [0, 0.1) is 36.5 Å². The molecule has 0 aliphatic carbocycles. The molecule has 0 amide bonds. The van der Waals surface area contributed by atoms with E-state index in [0.29, 0.717) is 6.16 Å². The summed E-state index contributed by atoms with van der Waals surface area (Å²) in [7, 11) is 1.34. The summed E-state index contributed by atoms with van der Waals surface area (Å²) in [6.45, 7) is 1.95. The van der Waals surface area contributed by atoms with Crippen LogP contribution < -0.4 is 0 Å². The van der Waals surface area contributed by atoms with E-state index in [0.717, 1.165) is 0 Å². The van der Waals surface area contributed by atoms with Gasteiger partial charge in [0.1, 0.15) is 0 Å². The Balaban J connectivity index is 3.06. The molecule has 0 radical (unpaired) electrons. The summed E-state index contributed by atoms with van der Waals surface area (Å²) in [5, 5.41) is 0. The van der Waals surface area contributed by atoms with Crippen molar-refractivity contribution in [3.05, 3.63) is 0 Å². The highest BCUT2D eigenvalue weighted by Gasteiger charge is 2.48. The van der Waals surface area contributed by atoms with Gasteiger partial charge < -0.3 is 4.57 Å². The lowest BCUT2D eigenvalue weighted by molar-refractivity contribution is 0.506. The Kier molecular flexibility index (Phi) is 3.10. The van der Waals surface area contributed by atoms with Crippen LogP contribution in [0.5, 0.6) is 0 Å². The van der Waals surface area contributed by atoms with Gasteiger partial charge in [-0.2, -0.15) is 0 Å². The van der Waals surface area contributed by atoms with Gasteiger partial charge >= 0.3 is 0 Å². The molecule has 0 spiro atoms. The quantitative estimate of drug-likeness (QED) is 0.484. The first-order valence-corrected chi connectivity index (χ1v) is 6.57. The van der Waals surface area contributed by atoms with Gasteiger partial charge in [0.15, 0.2) is 7.29 Å². The van der Waals surface area contributed by atoms with Crippen molar-refractivity contribution in [2.24, 2.45) is 11.8 Å². The summed E-state index contributed by atoms with van der Waals surface area (Å²) in [5.41, 5.74) is 0.0172. The van der Waals surface area contributed by atoms with E-state index < -0.39 is 7.29 Å². The Bertz CT molecular complexity index is 347. The van der Waals surface area contributed by atoms with Crippen LogP contribution in [0.25, 0.3) is 0 Å². The van der Waals surface area contributed by atoms with Gasteiger partial charge in [0.05, 0.1) is 0 Å². The monoisotopic (exact) mass is 209 g/mol. The lowest BCUT2D eigenvalue weighted by Gasteiger charge is -2.24. The van der Waals surface area contributed by atoms with Crippen molar-refractivity contribution in [3.8, 4) is 24.7 Å². The Morgan fingerprint density at radius 2 is 1.93 bits per heavy atom. The molecule has 0 aromatic heterocycles. The number of rotatable bonds is 1. The molecule has 0 saturated carbocycles. The second kappa shape index (κ2) is 3.82. The van der Waals surface area contributed by atoms with E-state index >= 15 is 0 Å². The third-order valence-electron chi connectivity index (χ3n) is 3.13. The van der Waals surface area contributed by atoms with E-state index in [1.807, 2.05) is 21.0 Å². The first-order valence-electron chi connectivity index (χ1n) is 4.66. The average Bonchev–Trinajstić information content (AvgIpc) is 2.40. The molecule has 3 heteroatoms. The van der Waals surface area contributed by atoms with Crippen molar-refractivity contribution in [1.29, 1.82) is 0 Å². The lowest BCUT2D eigenvalue weighted by atomic mass is 9.93. The van der Waals surface area contributed by atoms with Crippen LogP contribution in [0.3, 0.4) is 0 Å². The maximum atomic E-state index is 12.5. The largest absolute Gasteiger partial charge is 0.306 e. The van der Waals surface area contributed by atoms with Crippen LogP contribution in [0.1, 0.15) is 6.92 Å². The molecule has 1 aliphatic heterocycles. The summed E-state index contributed by atoms with van der Waals surface area (Å²) in [6, 6.07) is 0. The van der Waals surface area contributed by atoms with E-state index in [1.165, 1.54) is 0 Å². The van der Waals surface area contributed by atoms with E-state index in [2.05, 4.69) is 11.8 Å². The minimum atomic E-state index is -2.33. The molecule has 0 aromatic rings. The standard InChI is InChI=1S/C11H16NOP/c1-6-10-8-14(13,12(4)5)9(3)11(10)7-2/h1-2,9-11H,8H2,3-5H3. The van der Waals surface area contributed by atoms with Gasteiger partial charge in [-0.1, -0.05) is 6.92 Å². The van der Waals surface area contributed by atoms with Crippen molar-refractivity contribution in [2.75, 3.05) is 20.3 Å². The fourth-order valence-electron chi connectivity index (χ4n) is 2.09. The molecule has 4 atom stereocenters. The molecule has 2 nitrogen and oxygen atoms in total. The van der Waals surface area contributed by atoms with Crippen molar-refractivity contribution >= 4 is 7.29 Å². The number of nitrogens with zero attached hydrogens (tertiary/aromatic N) is 1. The van der Waals surface area contributed by atoms with Gasteiger partial charge in [-0.15, -0.1) is 24.7 Å². The highest BCUT2D eigenvalue weighted by molar-refractivity contribution is 7.62. The Morgan fingerprint density at radius 3 is 2.21 bits per heavy atom. The molecule has 0 aromatic carbocycles. The minimum Gasteiger partial charge on any atom is -0.306 e. The van der Waals surface area contributed by atoms with Crippen LogP contribution in [-0.2, 0) is 4.57 Å². The van der Waals surface area contributed by atoms with Crippen molar-refractivity contribution in [3.63, 3.8) is 0 Å². The van der Waals surface area contributed by atoms with Crippen molar-refractivity contribution in [1.82, 2.24) is 4.67 Å². The number of hydrogen-bond acceptors (Lipinski definition) is 1. The maximum Gasteiger partial charge on any atom is 0.155 e. The molecule has 1 fully saturated rings. The molecule has 1 heterocycles. The van der Waals surface area contributed by atoms with Crippen LogP contribution in [-0.4, -0.2) is 30.6 Å². The number of hydrogen-bond donors (Lipinski definition) is 0. The van der Waals surface area contributed by atoms with Crippen molar-refractivity contribution in [2.45, 2.75) is 12.6 Å². The van der Waals surface area contributed by atoms with Gasteiger partial charge in [0, 0.05) is 23.7 Å². The highest BCUT2D eigenvalue weighted by Crippen LogP contribution is 2.62. The fraction of sp³-hybridized carbons (Fsp3) is 0.636. The second-order valence-corrected chi connectivity index (χ2v) is 7.48. The van der Waals surface area contributed by atoms with E-state index in [1.54, 1.807) is 4.67 Å². The molecule has 14 heavy (non-hydrogen) atoms. The maximum absolute atomic E-state index is 12.5. The van der Waals surface area contributed by atoms with Crippen LogP contribution in [0.4, 0.5) is 0 Å². The number of terminal acetylenes is 2. The zero-order chi connectivity index (χ0) is 10.9. The molecule has 0 bridgehead atoms. The topological polar surface area (TPSA) is 20.3 Å². The zero-order valence-electron chi connectivity index (χ0n) is 8.90. The van der Waals surface area contributed by atoms with Gasteiger partial charge in [0.25, 0.3) is 0 Å². The molecule has 0 N–H and O–H groups in total. The SMILES string of the molecule is C#CC1CP(=O)(N(C)C)C(C)C1C#C. The van der Waals surface area contributed by atoms with E-state index in [4.69, 9.17) is 12.8 Å². The average molecular weight is 209 g/mol. The summed E-state index contributed by atoms with van der Waals surface area (Å²) in [5.74, 6) is 5.29. The van der Waals surface area contributed by atoms with Gasteiger partial charge in [-0.3, -0.25) is 4.67 Å². The summed E-state index contributed by atoms with van der Waals surface area (Å²) < 4.78 is 14.3. The summed E-state index contributed by atoms with van der Waals surface area (Å²) in [6.07, 6.45) is 11.4. The third-order valence-corrected chi connectivity index (χ3v) is 7.00. The molecule has 1 aliphatic rings. The van der Waals surface area contributed by atoms with E-state index in [-0.39, 0.29) is 17.5 Å². The normalized spacial score (nSPS) is 42.0. The van der Waals surface area contributed by atoms with Gasteiger partial charge in [-0.25, -0.2) is 0 Å². The molecular formula is C11H16NOP. The summed E-state index contributed by atoms with van der Waals surface area (Å²) >= 11 is 0. The second-order valence-electron chi connectivity index (χ2n) is 3.99. The Morgan fingerprint density at radius 1 is 1.36 bits per heavy atom. The Hall–Kier alpha value is -0.690. The third kappa shape index (κ3) is 1.50. The fourth-order valence-corrected chi connectivity index (χ4v) is 5.17. The molecular weight excluding hydrogens is 193 g/mol. The first-order chi connectivity index (χ1) is 6.47. The Labute approximate surface area is 86.5 Å². The van der Waals surface area contributed by atoms with Crippen LogP contribution >= 0.6 is 7.29 Å². The van der Waals surface area contributed by atoms with E-state index in [9.17, 15) is 4.57 Å². The zero-order valence-corrected chi connectivity index (χ0v) is 9.79. The smallest absolute Gasteiger partial charge is 0.155 e. The predicted octanol–water partition coefficient (Wildman–Crippen LogP) is 1.73. The highest BCUT2D eigenvalue weighted by atomic mass is 31.2. The molecule has 1 saturated heterocycles. The van der Waals surface area contributed by atoms with Gasteiger partial charge in [0.2, 0.25) is 0 Å². The van der Waals surface area contributed by atoms with Gasteiger partial charge in [-0.05, 0) is 14.1 Å².